The Bertz CT molecular complexity index is 335. The van der Waals surface area contributed by atoms with E-state index in [-0.39, 0.29) is 4.06 Å². The smallest absolute Gasteiger partial charge is 0.247 e. The van der Waals surface area contributed by atoms with Crippen molar-refractivity contribution in [1.29, 1.82) is 0 Å². The van der Waals surface area contributed by atoms with Crippen molar-refractivity contribution in [2.75, 3.05) is 0 Å². The summed E-state index contributed by atoms with van der Waals surface area (Å²) < 4.78 is 4.62. The maximum atomic E-state index is 10.7. The second-order valence-corrected chi connectivity index (χ2v) is 6.16. The molecule has 0 aliphatic rings. The molecule has 0 radical (unpaired) electrons. The van der Waals surface area contributed by atoms with Gasteiger partial charge in [-0.2, -0.15) is 0 Å². The number of hydrogen-bond acceptors (Lipinski definition) is 4. The van der Waals surface area contributed by atoms with Crippen LogP contribution in [0.5, 0.6) is 0 Å². The minimum absolute atomic E-state index is 0.216. The molecule has 0 saturated heterocycles. The van der Waals surface area contributed by atoms with Crippen LogP contribution >= 0.6 is 45.3 Å². The Morgan fingerprint density at radius 2 is 2.33 bits per heavy atom. The largest absolute Gasteiger partial charge is 0.357 e. The van der Waals surface area contributed by atoms with Crippen molar-refractivity contribution >= 4 is 53.4 Å². The fourth-order valence-corrected chi connectivity index (χ4v) is 5.67. The molecule has 46 valence electrons. The minimum atomic E-state index is 0.216. The fourth-order valence-electron chi connectivity index (χ4n) is 0.511. The molecule has 0 atom stereocenters. The Morgan fingerprint density at radius 1 is 1.44 bits per heavy atom. The average molecular weight is 193 g/mol. The van der Waals surface area contributed by atoms with Crippen LogP contribution in [0.15, 0.2) is 9.49 Å². The second-order valence-electron chi connectivity index (χ2n) is 1.36. The molecule has 0 amide bonds. The Kier molecular flexibility index (Phi) is 1.37. The van der Waals surface area contributed by atoms with Gasteiger partial charge >= 0.3 is 4.06 Å². The molecule has 2 aromatic heterocycles. The van der Waals surface area contributed by atoms with E-state index in [2.05, 4.69) is 4.69 Å². The maximum absolute atomic E-state index is 10.7. The highest BCUT2D eigenvalue weighted by molar-refractivity contribution is 7.56. The van der Waals surface area contributed by atoms with Crippen molar-refractivity contribution in [2.45, 2.75) is 0 Å². The normalized spacial score (nSPS) is 10.7. The predicted octanol–water partition coefficient (Wildman–Crippen LogP) is 2.73. The van der Waals surface area contributed by atoms with Crippen molar-refractivity contribution < 1.29 is 0 Å². The third-order valence-corrected chi connectivity index (χ3v) is 5.64. The van der Waals surface area contributed by atoms with E-state index in [9.17, 15) is 4.79 Å². The zero-order valence-corrected chi connectivity index (χ0v) is 7.38. The minimum Gasteiger partial charge on any atom is -0.247 e. The molecule has 0 unspecified atom stereocenters. The summed E-state index contributed by atoms with van der Waals surface area (Å²) in [6.45, 7) is 0. The van der Waals surface area contributed by atoms with Crippen molar-refractivity contribution in [1.82, 2.24) is 0 Å². The lowest BCUT2D eigenvalue weighted by Gasteiger charge is -1.48. The molecule has 0 spiro atoms. The van der Waals surface area contributed by atoms with Crippen molar-refractivity contribution in [3.8, 4) is 0 Å². The SMILES string of the molecule is O=c1sc2sc[s+]c2s1. The fraction of sp³-hybridized carbons (Fsp3) is 0. The molecule has 0 saturated carbocycles. The summed E-state index contributed by atoms with van der Waals surface area (Å²) in [7, 11) is 0. The van der Waals surface area contributed by atoms with Gasteiger partial charge in [0.2, 0.25) is 4.01 Å². The third-order valence-electron chi connectivity index (χ3n) is 0.829. The number of fused-ring (bicyclic) bond motifs is 1. The van der Waals surface area contributed by atoms with Crippen molar-refractivity contribution in [2.24, 2.45) is 0 Å². The Labute approximate surface area is 66.9 Å². The lowest BCUT2D eigenvalue weighted by Crippen LogP contribution is -1.72. The van der Waals surface area contributed by atoms with E-state index < -0.39 is 0 Å². The van der Waals surface area contributed by atoms with Gasteiger partial charge in [0.15, 0.2) is 4.69 Å². The lowest BCUT2D eigenvalue weighted by atomic mass is 11.1. The third kappa shape index (κ3) is 0.939. The molecule has 0 N–H and O–H groups in total. The molecule has 0 fully saturated rings. The Morgan fingerprint density at radius 3 is 3.11 bits per heavy atom. The summed E-state index contributed by atoms with van der Waals surface area (Å²) >= 11 is 6.01. The van der Waals surface area contributed by atoms with Crippen LogP contribution in [0.25, 0.3) is 8.03 Å². The highest BCUT2D eigenvalue weighted by Gasteiger charge is 2.10. The molecule has 2 rings (SSSR count). The number of rotatable bonds is 0. The van der Waals surface area contributed by atoms with Crippen LogP contribution < -0.4 is 4.06 Å². The first-order valence-electron chi connectivity index (χ1n) is 2.15. The molecular formula is C4HOS4+. The summed E-state index contributed by atoms with van der Waals surface area (Å²) in [6.07, 6.45) is 0. The quantitative estimate of drug-likeness (QED) is 0.588. The van der Waals surface area contributed by atoms with Crippen molar-refractivity contribution in [3.05, 3.63) is 13.5 Å². The Hall–Kier alpha value is 0.160. The van der Waals surface area contributed by atoms with Crippen LogP contribution in [0.1, 0.15) is 0 Å². The van der Waals surface area contributed by atoms with Gasteiger partial charge in [-0.05, 0) is 11.3 Å². The van der Waals surface area contributed by atoms with E-state index in [0.29, 0.717) is 0 Å². The van der Waals surface area contributed by atoms with Crippen molar-refractivity contribution in [3.63, 3.8) is 0 Å². The van der Waals surface area contributed by atoms with Gasteiger partial charge in [0.25, 0.3) is 4.01 Å². The molecule has 2 heterocycles. The first-order valence-corrected chi connectivity index (χ1v) is 5.54. The van der Waals surface area contributed by atoms with Gasteiger partial charge in [-0.1, -0.05) is 0 Å². The summed E-state index contributed by atoms with van der Waals surface area (Å²) in [5, 5.41) is 0. The van der Waals surface area contributed by atoms with E-state index in [1.165, 1.54) is 30.7 Å². The van der Waals surface area contributed by atoms with Crippen LogP contribution in [0.4, 0.5) is 0 Å². The molecule has 2 aromatic rings. The first kappa shape index (κ1) is 5.91. The standard InChI is InChI=1S/C4HOS4/c5-4-8-2-3(9-4)7-1-6-2/h1H/q+1. The van der Waals surface area contributed by atoms with Crippen LogP contribution in [0, 0.1) is 0 Å². The zero-order valence-electron chi connectivity index (χ0n) is 4.12. The monoisotopic (exact) mass is 193 g/mol. The van der Waals surface area contributed by atoms with E-state index in [4.69, 9.17) is 0 Å². The highest BCUT2D eigenvalue weighted by Crippen LogP contribution is 2.30. The highest BCUT2D eigenvalue weighted by atomic mass is 32.2. The van der Waals surface area contributed by atoms with E-state index in [0.717, 1.165) is 0 Å². The van der Waals surface area contributed by atoms with E-state index >= 15 is 0 Å². The van der Waals surface area contributed by atoms with Gasteiger partial charge in [0.1, 0.15) is 0 Å². The molecule has 0 aliphatic carbocycles. The van der Waals surface area contributed by atoms with Crippen LogP contribution in [0.3, 0.4) is 0 Å². The van der Waals surface area contributed by atoms with Gasteiger partial charge in [0, 0.05) is 22.7 Å². The van der Waals surface area contributed by atoms with Gasteiger partial charge < -0.3 is 0 Å². The summed E-state index contributed by atoms with van der Waals surface area (Å²) in [4.78, 5) is 10.7. The van der Waals surface area contributed by atoms with E-state index in [1.54, 1.807) is 22.7 Å². The molecule has 5 heteroatoms. The van der Waals surface area contributed by atoms with Crippen LogP contribution in [0.2, 0.25) is 0 Å². The molecule has 0 aliphatic heterocycles. The van der Waals surface area contributed by atoms with Gasteiger partial charge in [-0.25, -0.2) is 4.79 Å². The maximum Gasteiger partial charge on any atom is 0.357 e. The average Bonchev–Trinajstić information content (AvgIpc) is 2.22. The predicted molar refractivity (Wildman–Crippen MR) is 46.1 cm³/mol. The summed E-state index contributed by atoms with van der Waals surface area (Å²) in [5.41, 5.74) is 0. The van der Waals surface area contributed by atoms with Crippen LogP contribution in [-0.4, -0.2) is 0 Å². The van der Waals surface area contributed by atoms with Gasteiger partial charge in [-0.15, -0.1) is 0 Å². The summed E-state index contributed by atoms with van der Waals surface area (Å²) in [6, 6.07) is 0. The van der Waals surface area contributed by atoms with Crippen LogP contribution in [-0.2, 0) is 0 Å². The zero-order chi connectivity index (χ0) is 6.27. The number of hydrogen-bond donors (Lipinski definition) is 0. The molecule has 1 nitrogen and oxygen atoms in total. The molecule has 0 aromatic carbocycles. The molecule has 9 heavy (non-hydrogen) atoms. The second kappa shape index (κ2) is 2.09. The summed E-state index contributed by atoms with van der Waals surface area (Å²) in [5.74, 6) is 0. The Balaban J connectivity index is 3.08. The van der Waals surface area contributed by atoms with E-state index in [1.807, 2.05) is 0 Å². The van der Waals surface area contributed by atoms with Gasteiger partial charge in [-0.3, -0.25) is 0 Å². The molecule has 0 bridgehead atoms. The lowest BCUT2D eigenvalue weighted by molar-refractivity contribution is 2.25. The van der Waals surface area contributed by atoms with Gasteiger partial charge in [0.05, 0.1) is 11.3 Å². The topological polar surface area (TPSA) is 17.1 Å². The molecular weight excluding hydrogens is 192 g/mol. The first-order chi connectivity index (χ1) is 4.36.